The average Bonchev–Trinajstić information content (AvgIpc) is 2.50. The van der Waals surface area contributed by atoms with Gasteiger partial charge in [0.05, 0.1) is 12.0 Å². The van der Waals surface area contributed by atoms with Gasteiger partial charge >= 0.3 is 5.97 Å². The third kappa shape index (κ3) is 2.28. The number of allylic oxidation sites excluding steroid dienone is 4. The molecular formula is C15H18O4. The van der Waals surface area contributed by atoms with E-state index in [1.807, 2.05) is 13.8 Å². The molecule has 0 spiro atoms. The zero-order chi connectivity index (χ0) is 14.3. The summed E-state index contributed by atoms with van der Waals surface area (Å²) in [5.74, 6) is -2.14. The number of hydrogen-bond donors (Lipinski definition) is 2. The number of hydrogen-bond acceptors (Lipinski definition) is 3. The molecule has 0 aromatic heterocycles. The topological polar surface area (TPSA) is 74.6 Å². The largest absolute Gasteiger partial charge is 0.481 e. The fourth-order valence-electron chi connectivity index (χ4n) is 2.83. The zero-order valence-electron chi connectivity index (χ0n) is 11.3. The summed E-state index contributed by atoms with van der Waals surface area (Å²) < 4.78 is 0. The molecule has 0 aromatic carbocycles. The monoisotopic (exact) mass is 262 g/mol. The van der Waals surface area contributed by atoms with Crippen LogP contribution in [0, 0.1) is 11.8 Å². The summed E-state index contributed by atoms with van der Waals surface area (Å²) in [6.45, 7) is 5.25. The first kappa shape index (κ1) is 13.7. The van der Waals surface area contributed by atoms with E-state index in [1.165, 1.54) is 0 Å². The highest BCUT2D eigenvalue weighted by atomic mass is 16.4. The van der Waals surface area contributed by atoms with Crippen LogP contribution in [-0.2, 0) is 9.59 Å². The summed E-state index contributed by atoms with van der Waals surface area (Å²) in [6, 6.07) is 0. The molecule has 1 unspecified atom stereocenters. The van der Waals surface area contributed by atoms with Crippen LogP contribution in [0.2, 0.25) is 0 Å². The Morgan fingerprint density at radius 3 is 2.63 bits per heavy atom. The van der Waals surface area contributed by atoms with Gasteiger partial charge in [-0.2, -0.15) is 0 Å². The fraction of sp³-hybridized carbons (Fsp3) is 0.467. The number of carboxylic acid groups (broad SMARTS) is 1. The Morgan fingerprint density at radius 1 is 1.42 bits per heavy atom. The lowest BCUT2D eigenvalue weighted by Gasteiger charge is -2.22. The van der Waals surface area contributed by atoms with E-state index in [1.54, 1.807) is 19.1 Å². The van der Waals surface area contributed by atoms with Crippen LogP contribution in [0.4, 0.5) is 0 Å². The van der Waals surface area contributed by atoms with Crippen molar-refractivity contribution in [2.24, 2.45) is 11.8 Å². The van der Waals surface area contributed by atoms with Crippen LogP contribution in [-0.4, -0.2) is 28.1 Å². The number of aliphatic hydroxyl groups excluding tert-OH is 1. The first-order valence-corrected chi connectivity index (χ1v) is 6.38. The molecule has 102 valence electrons. The molecule has 0 saturated heterocycles. The van der Waals surface area contributed by atoms with Gasteiger partial charge in [0.25, 0.3) is 0 Å². The Morgan fingerprint density at radius 2 is 2.05 bits per heavy atom. The van der Waals surface area contributed by atoms with Gasteiger partial charge in [-0.3, -0.25) is 9.59 Å². The van der Waals surface area contributed by atoms with Crippen molar-refractivity contribution >= 4 is 11.8 Å². The van der Waals surface area contributed by atoms with E-state index in [9.17, 15) is 14.7 Å². The predicted molar refractivity (Wildman–Crippen MR) is 70.5 cm³/mol. The number of fused-ring (bicyclic) bond motifs is 1. The second-order valence-electron chi connectivity index (χ2n) is 5.40. The number of aliphatic carboxylic acids is 1. The number of aliphatic hydroxyl groups is 1. The number of rotatable bonds is 2. The van der Waals surface area contributed by atoms with Crippen LogP contribution in [0.25, 0.3) is 0 Å². The predicted octanol–water partition coefficient (Wildman–Crippen LogP) is 1.86. The molecule has 19 heavy (non-hydrogen) atoms. The maximum atomic E-state index is 11.9. The molecule has 0 fully saturated rings. The smallest absolute Gasteiger partial charge is 0.306 e. The quantitative estimate of drug-likeness (QED) is 0.796. The number of carbonyl (C=O) groups is 2. The van der Waals surface area contributed by atoms with E-state index in [0.29, 0.717) is 12.0 Å². The zero-order valence-corrected chi connectivity index (χ0v) is 11.3. The molecule has 0 aliphatic heterocycles. The van der Waals surface area contributed by atoms with Crippen molar-refractivity contribution in [3.8, 4) is 0 Å². The maximum Gasteiger partial charge on any atom is 0.306 e. The average molecular weight is 262 g/mol. The molecule has 0 bridgehead atoms. The summed E-state index contributed by atoms with van der Waals surface area (Å²) in [5.41, 5.74) is 3.10. The maximum absolute atomic E-state index is 11.9. The number of carboxylic acids is 1. The molecule has 3 atom stereocenters. The van der Waals surface area contributed by atoms with Crippen LogP contribution >= 0.6 is 0 Å². The Bertz CT molecular complexity index is 536. The standard InChI is InChI=1S/C15H18O4/c1-7-4-13(17)14-8(2)5-12(16)11(6-10(7)14)9(3)15(18)19/h4,6,9,11-12,16H,5H2,1-3H3,(H,18,19)/t9-,11?,12-/m0/s1. The van der Waals surface area contributed by atoms with Gasteiger partial charge in [-0.05, 0) is 37.5 Å². The molecule has 2 aliphatic rings. The van der Waals surface area contributed by atoms with Gasteiger partial charge in [0.1, 0.15) is 0 Å². The highest BCUT2D eigenvalue weighted by Crippen LogP contribution is 2.38. The van der Waals surface area contributed by atoms with Crippen LogP contribution in [0.1, 0.15) is 27.2 Å². The molecule has 0 aromatic rings. The summed E-state index contributed by atoms with van der Waals surface area (Å²) in [5, 5.41) is 19.3. The molecule has 4 heteroatoms. The minimum Gasteiger partial charge on any atom is -0.481 e. The molecular weight excluding hydrogens is 244 g/mol. The lowest BCUT2D eigenvalue weighted by molar-refractivity contribution is -0.143. The second kappa shape index (κ2) is 4.78. The van der Waals surface area contributed by atoms with Gasteiger partial charge in [-0.15, -0.1) is 0 Å². The van der Waals surface area contributed by atoms with E-state index < -0.39 is 23.9 Å². The normalized spacial score (nSPS) is 28.5. The van der Waals surface area contributed by atoms with Gasteiger partial charge in [-0.1, -0.05) is 18.6 Å². The molecule has 4 nitrogen and oxygen atoms in total. The van der Waals surface area contributed by atoms with Crippen molar-refractivity contribution in [3.05, 3.63) is 34.4 Å². The number of ketones is 1. The van der Waals surface area contributed by atoms with Crippen LogP contribution in [0.15, 0.2) is 34.4 Å². The SMILES string of the molecule is CC1=CC(=O)C2=C(C)C[C@H](O)C([C@H](C)C(=O)O)C=C12. The highest BCUT2D eigenvalue weighted by molar-refractivity contribution is 6.13. The Labute approximate surface area is 112 Å². The molecule has 2 aliphatic carbocycles. The van der Waals surface area contributed by atoms with Gasteiger partial charge in [-0.25, -0.2) is 0 Å². The summed E-state index contributed by atoms with van der Waals surface area (Å²) in [6.07, 6.45) is 2.90. The molecule has 2 N–H and O–H groups in total. The first-order valence-electron chi connectivity index (χ1n) is 6.38. The van der Waals surface area contributed by atoms with Crippen molar-refractivity contribution in [2.75, 3.05) is 0 Å². The molecule has 0 radical (unpaired) electrons. The molecule has 0 saturated carbocycles. The van der Waals surface area contributed by atoms with Crippen molar-refractivity contribution in [2.45, 2.75) is 33.3 Å². The van der Waals surface area contributed by atoms with E-state index in [-0.39, 0.29) is 5.78 Å². The minimum atomic E-state index is -0.937. The minimum absolute atomic E-state index is 0.0444. The second-order valence-corrected chi connectivity index (χ2v) is 5.40. The highest BCUT2D eigenvalue weighted by Gasteiger charge is 2.35. The fourth-order valence-corrected chi connectivity index (χ4v) is 2.83. The van der Waals surface area contributed by atoms with E-state index in [2.05, 4.69) is 0 Å². The van der Waals surface area contributed by atoms with Gasteiger partial charge in [0, 0.05) is 11.5 Å². The van der Waals surface area contributed by atoms with E-state index in [4.69, 9.17) is 5.11 Å². The third-order valence-corrected chi connectivity index (χ3v) is 4.00. The molecule has 0 heterocycles. The summed E-state index contributed by atoms with van der Waals surface area (Å²) in [4.78, 5) is 23.1. The van der Waals surface area contributed by atoms with Crippen LogP contribution in [0.3, 0.4) is 0 Å². The summed E-state index contributed by atoms with van der Waals surface area (Å²) >= 11 is 0. The van der Waals surface area contributed by atoms with Crippen LogP contribution < -0.4 is 0 Å². The lowest BCUT2D eigenvalue weighted by atomic mass is 9.86. The first-order chi connectivity index (χ1) is 8.82. The van der Waals surface area contributed by atoms with Crippen molar-refractivity contribution in [1.82, 2.24) is 0 Å². The van der Waals surface area contributed by atoms with E-state index >= 15 is 0 Å². The Kier molecular flexibility index (Phi) is 3.45. The van der Waals surface area contributed by atoms with Crippen LogP contribution in [0.5, 0.6) is 0 Å². The summed E-state index contributed by atoms with van der Waals surface area (Å²) in [7, 11) is 0. The molecule has 0 amide bonds. The van der Waals surface area contributed by atoms with Crippen molar-refractivity contribution in [1.29, 1.82) is 0 Å². The van der Waals surface area contributed by atoms with E-state index in [0.717, 1.165) is 16.7 Å². The molecule has 2 rings (SSSR count). The van der Waals surface area contributed by atoms with Gasteiger partial charge in [0.15, 0.2) is 5.78 Å². The Hall–Kier alpha value is -1.68. The Balaban J connectivity index is 2.50. The van der Waals surface area contributed by atoms with Gasteiger partial charge < -0.3 is 10.2 Å². The lowest BCUT2D eigenvalue weighted by Crippen LogP contribution is -2.29. The number of carbonyl (C=O) groups excluding carboxylic acids is 1. The van der Waals surface area contributed by atoms with Crippen molar-refractivity contribution < 1.29 is 19.8 Å². The van der Waals surface area contributed by atoms with Crippen molar-refractivity contribution in [3.63, 3.8) is 0 Å². The van der Waals surface area contributed by atoms with Gasteiger partial charge in [0.2, 0.25) is 0 Å². The third-order valence-electron chi connectivity index (χ3n) is 4.00.